The van der Waals surface area contributed by atoms with Crippen LogP contribution in [0.4, 0.5) is 0 Å². The van der Waals surface area contributed by atoms with Crippen molar-refractivity contribution >= 4 is 5.91 Å². The van der Waals surface area contributed by atoms with Gasteiger partial charge in [0.25, 0.3) is 0 Å². The Hall–Kier alpha value is -0.990. The molecule has 0 bridgehead atoms. The van der Waals surface area contributed by atoms with Crippen LogP contribution >= 0.6 is 0 Å². The molecule has 1 rings (SSSR count). The maximum atomic E-state index is 11.7. The molecule has 0 aromatic rings. The zero-order valence-electron chi connectivity index (χ0n) is 9.33. The third kappa shape index (κ3) is 3.05. The first kappa shape index (κ1) is 11.1. The van der Waals surface area contributed by atoms with Gasteiger partial charge in [0.1, 0.15) is 0 Å². The summed E-state index contributed by atoms with van der Waals surface area (Å²) in [6.07, 6.45) is 4.59. The fourth-order valence-electron chi connectivity index (χ4n) is 1.26. The first-order valence-electron chi connectivity index (χ1n) is 5.02. The monoisotopic (exact) mass is 197 g/mol. The summed E-state index contributed by atoms with van der Waals surface area (Å²) in [6, 6.07) is 0.116. The van der Waals surface area contributed by atoms with Crippen LogP contribution in [0.2, 0.25) is 0 Å². The van der Waals surface area contributed by atoms with Crippen LogP contribution in [-0.2, 0) is 9.53 Å². The normalized spacial score (nSPS) is 26.9. The van der Waals surface area contributed by atoms with Crippen LogP contribution in [-0.4, -0.2) is 18.1 Å². The van der Waals surface area contributed by atoms with Crippen molar-refractivity contribution in [2.75, 3.05) is 0 Å². The number of ether oxygens (including phenoxy) is 1. The average Bonchev–Trinajstić information content (AvgIpc) is 2.02. The van der Waals surface area contributed by atoms with E-state index in [1.807, 2.05) is 33.8 Å². The maximum absolute atomic E-state index is 11.7. The predicted octanol–water partition coefficient (Wildman–Crippen LogP) is 1.84. The van der Waals surface area contributed by atoms with Gasteiger partial charge in [-0.2, -0.15) is 0 Å². The first-order valence-corrected chi connectivity index (χ1v) is 5.02. The van der Waals surface area contributed by atoms with E-state index >= 15 is 0 Å². The van der Waals surface area contributed by atoms with Crippen molar-refractivity contribution in [3.8, 4) is 0 Å². The largest absolute Gasteiger partial charge is 0.498 e. The summed E-state index contributed by atoms with van der Waals surface area (Å²) >= 11 is 0. The molecule has 80 valence electrons. The highest BCUT2D eigenvalue weighted by molar-refractivity contribution is 5.81. The lowest BCUT2D eigenvalue weighted by Gasteiger charge is -2.26. The number of nitrogens with one attached hydrogen (secondary N) is 1. The van der Waals surface area contributed by atoms with E-state index in [1.54, 1.807) is 6.26 Å². The van der Waals surface area contributed by atoms with Crippen molar-refractivity contribution in [2.24, 2.45) is 5.41 Å². The summed E-state index contributed by atoms with van der Waals surface area (Å²) in [6.45, 7) is 7.73. The smallest absolute Gasteiger partial charge is 0.225 e. The van der Waals surface area contributed by atoms with Gasteiger partial charge in [0, 0.05) is 11.8 Å². The molecule has 3 nitrogen and oxygen atoms in total. The highest BCUT2D eigenvalue weighted by Crippen LogP contribution is 2.16. The molecule has 1 amide bonds. The summed E-state index contributed by atoms with van der Waals surface area (Å²) in [5.74, 6) is 0.0845. The fourth-order valence-corrected chi connectivity index (χ4v) is 1.26. The van der Waals surface area contributed by atoms with E-state index in [9.17, 15) is 4.79 Å². The van der Waals surface area contributed by atoms with Crippen molar-refractivity contribution in [3.63, 3.8) is 0 Å². The zero-order chi connectivity index (χ0) is 10.8. The minimum Gasteiger partial charge on any atom is -0.498 e. The number of hydrogen-bond acceptors (Lipinski definition) is 2. The molecule has 0 fully saturated rings. The van der Waals surface area contributed by atoms with E-state index in [2.05, 4.69) is 5.32 Å². The SMILES string of the molecule is C[C@H]1C[C@H](NC(=O)C(C)(C)C)C=CO1. The molecule has 3 heteroatoms. The molecule has 2 atom stereocenters. The van der Waals surface area contributed by atoms with Gasteiger partial charge in [-0.1, -0.05) is 20.8 Å². The molecule has 0 aromatic carbocycles. The molecular formula is C11H19NO2. The molecule has 0 radical (unpaired) electrons. The molecule has 0 aromatic heterocycles. The lowest BCUT2D eigenvalue weighted by molar-refractivity contribution is -0.129. The molecule has 1 heterocycles. The van der Waals surface area contributed by atoms with Crippen molar-refractivity contribution < 1.29 is 9.53 Å². The Labute approximate surface area is 85.5 Å². The van der Waals surface area contributed by atoms with Crippen LogP contribution in [0.25, 0.3) is 0 Å². The van der Waals surface area contributed by atoms with E-state index in [0.29, 0.717) is 0 Å². The number of hydrogen-bond donors (Lipinski definition) is 1. The molecule has 1 aliphatic heterocycles. The second-order valence-corrected chi connectivity index (χ2v) is 4.84. The first-order chi connectivity index (χ1) is 6.39. The highest BCUT2D eigenvalue weighted by atomic mass is 16.5. The third-order valence-electron chi connectivity index (χ3n) is 2.21. The molecule has 0 spiro atoms. The van der Waals surface area contributed by atoms with Gasteiger partial charge >= 0.3 is 0 Å². The molecular weight excluding hydrogens is 178 g/mol. The Bertz CT molecular complexity index is 240. The van der Waals surface area contributed by atoms with E-state index in [4.69, 9.17) is 4.74 Å². The summed E-state index contributed by atoms with van der Waals surface area (Å²) in [4.78, 5) is 11.7. The summed E-state index contributed by atoms with van der Waals surface area (Å²) in [5, 5.41) is 2.98. The van der Waals surface area contributed by atoms with Gasteiger partial charge in [-0.25, -0.2) is 0 Å². The molecule has 1 aliphatic rings. The van der Waals surface area contributed by atoms with E-state index < -0.39 is 0 Å². The van der Waals surface area contributed by atoms with E-state index in [0.717, 1.165) is 6.42 Å². The fraction of sp³-hybridized carbons (Fsp3) is 0.727. The molecule has 14 heavy (non-hydrogen) atoms. The molecule has 0 saturated heterocycles. The summed E-state index contributed by atoms with van der Waals surface area (Å²) < 4.78 is 5.24. The number of carbonyl (C=O) groups is 1. The number of rotatable bonds is 1. The second kappa shape index (κ2) is 4.03. The topological polar surface area (TPSA) is 38.3 Å². The maximum Gasteiger partial charge on any atom is 0.225 e. The minimum atomic E-state index is -0.324. The Morgan fingerprint density at radius 2 is 2.14 bits per heavy atom. The van der Waals surface area contributed by atoms with Crippen molar-refractivity contribution in [1.82, 2.24) is 5.32 Å². The lowest BCUT2D eigenvalue weighted by atomic mass is 9.94. The Balaban J connectivity index is 2.49. The number of carbonyl (C=O) groups excluding carboxylic acids is 1. The molecule has 0 saturated carbocycles. The van der Waals surface area contributed by atoms with E-state index in [-0.39, 0.29) is 23.5 Å². The van der Waals surface area contributed by atoms with Crippen LogP contribution in [0.5, 0.6) is 0 Å². The Morgan fingerprint density at radius 3 is 2.64 bits per heavy atom. The third-order valence-corrected chi connectivity index (χ3v) is 2.21. The standard InChI is InChI=1S/C11H19NO2/c1-8-7-9(5-6-14-8)12-10(13)11(2,3)4/h5-6,8-9H,7H2,1-4H3,(H,12,13)/t8-,9+/m0/s1. The lowest BCUT2D eigenvalue weighted by Crippen LogP contribution is -2.43. The number of amides is 1. The molecule has 0 aliphatic carbocycles. The Kier molecular flexibility index (Phi) is 3.19. The van der Waals surface area contributed by atoms with Gasteiger partial charge in [0.05, 0.1) is 18.4 Å². The van der Waals surface area contributed by atoms with Crippen LogP contribution in [0.15, 0.2) is 12.3 Å². The molecule has 1 N–H and O–H groups in total. The van der Waals surface area contributed by atoms with Crippen LogP contribution < -0.4 is 5.32 Å². The summed E-state index contributed by atoms with van der Waals surface area (Å²) in [7, 11) is 0. The van der Waals surface area contributed by atoms with Gasteiger partial charge in [-0.05, 0) is 13.0 Å². The quantitative estimate of drug-likeness (QED) is 0.696. The van der Waals surface area contributed by atoms with Gasteiger partial charge in [0.15, 0.2) is 0 Å². The minimum absolute atomic E-state index is 0.0845. The summed E-state index contributed by atoms with van der Waals surface area (Å²) in [5.41, 5.74) is -0.324. The molecule has 0 unspecified atom stereocenters. The van der Waals surface area contributed by atoms with Crippen molar-refractivity contribution in [2.45, 2.75) is 46.3 Å². The van der Waals surface area contributed by atoms with Gasteiger partial charge in [0.2, 0.25) is 5.91 Å². The second-order valence-electron chi connectivity index (χ2n) is 4.84. The van der Waals surface area contributed by atoms with Crippen molar-refractivity contribution in [1.29, 1.82) is 0 Å². The highest BCUT2D eigenvalue weighted by Gasteiger charge is 2.25. The van der Waals surface area contributed by atoms with Crippen LogP contribution in [0.3, 0.4) is 0 Å². The van der Waals surface area contributed by atoms with Gasteiger partial charge in [-0.3, -0.25) is 4.79 Å². The van der Waals surface area contributed by atoms with Gasteiger partial charge < -0.3 is 10.1 Å². The van der Waals surface area contributed by atoms with Crippen LogP contribution in [0.1, 0.15) is 34.1 Å². The average molecular weight is 197 g/mol. The predicted molar refractivity (Wildman–Crippen MR) is 55.7 cm³/mol. The Morgan fingerprint density at radius 1 is 1.50 bits per heavy atom. The van der Waals surface area contributed by atoms with Crippen LogP contribution in [0, 0.1) is 5.41 Å². The van der Waals surface area contributed by atoms with E-state index in [1.165, 1.54) is 0 Å². The van der Waals surface area contributed by atoms with Crippen molar-refractivity contribution in [3.05, 3.63) is 12.3 Å². The zero-order valence-corrected chi connectivity index (χ0v) is 9.33. The van der Waals surface area contributed by atoms with Gasteiger partial charge in [-0.15, -0.1) is 0 Å².